The lowest BCUT2D eigenvalue weighted by atomic mass is 9.75. The first-order chi connectivity index (χ1) is 11.9. The normalized spacial score (nSPS) is 24.0. The van der Waals surface area contributed by atoms with E-state index in [-0.39, 0.29) is 18.6 Å². The first-order valence-corrected chi connectivity index (χ1v) is 9.42. The van der Waals surface area contributed by atoms with Gasteiger partial charge in [0.15, 0.2) is 0 Å². The highest BCUT2D eigenvalue weighted by atomic mass is 16.5. The number of fused-ring (bicyclic) bond motifs is 1. The third-order valence-corrected chi connectivity index (χ3v) is 5.40. The number of benzene rings is 1. The second kappa shape index (κ2) is 7.61. The number of hydrogen-bond donors (Lipinski definition) is 2. The van der Waals surface area contributed by atoms with Gasteiger partial charge in [0, 0.05) is 16.6 Å². The molecule has 1 aromatic heterocycles. The molecule has 0 radical (unpaired) electrons. The summed E-state index contributed by atoms with van der Waals surface area (Å²) in [4.78, 5) is 15.6. The van der Waals surface area contributed by atoms with E-state index in [9.17, 15) is 4.79 Å². The molecule has 4 heteroatoms. The number of ether oxygens (including phenoxy) is 1. The maximum absolute atomic E-state index is 12.4. The Kier molecular flexibility index (Phi) is 5.48. The third kappa shape index (κ3) is 4.43. The van der Waals surface area contributed by atoms with Crippen LogP contribution >= 0.6 is 0 Å². The average molecular weight is 342 g/mol. The zero-order chi connectivity index (χ0) is 18.0. The molecule has 4 nitrogen and oxygen atoms in total. The van der Waals surface area contributed by atoms with Crippen LogP contribution in [0, 0.1) is 24.7 Å². The van der Waals surface area contributed by atoms with Crippen molar-refractivity contribution in [3.05, 3.63) is 30.0 Å². The molecule has 0 saturated heterocycles. The summed E-state index contributed by atoms with van der Waals surface area (Å²) in [6.07, 6.45) is 3.61. The molecule has 3 rings (SSSR count). The van der Waals surface area contributed by atoms with Crippen LogP contribution in [0.2, 0.25) is 0 Å². The molecule has 1 aromatic carbocycles. The summed E-state index contributed by atoms with van der Waals surface area (Å²) >= 11 is 0. The minimum Gasteiger partial charge on any atom is -0.368 e. The minimum atomic E-state index is -0.0781. The molecule has 1 unspecified atom stereocenters. The molecule has 25 heavy (non-hydrogen) atoms. The maximum Gasteiger partial charge on any atom is 0.250 e. The summed E-state index contributed by atoms with van der Waals surface area (Å²) in [6, 6.07) is 7.96. The Balaban J connectivity index is 1.57. The van der Waals surface area contributed by atoms with Crippen molar-refractivity contribution in [2.45, 2.75) is 53.1 Å². The molecule has 0 aliphatic heterocycles. The zero-order valence-electron chi connectivity index (χ0n) is 15.8. The van der Waals surface area contributed by atoms with Crippen molar-refractivity contribution in [1.82, 2.24) is 4.98 Å². The fourth-order valence-electron chi connectivity index (χ4n) is 4.06. The highest BCUT2D eigenvalue weighted by Crippen LogP contribution is 2.35. The molecule has 3 atom stereocenters. The van der Waals surface area contributed by atoms with Crippen LogP contribution in [0.1, 0.15) is 45.7 Å². The summed E-state index contributed by atoms with van der Waals surface area (Å²) in [6.45, 7) is 9.00. The van der Waals surface area contributed by atoms with E-state index in [1.54, 1.807) is 0 Å². The molecule has 136 valence electrons. The quantitative estimate of drug-likeness (QED) is 0.812. The smallest absolute Gasteiger partial charge is 0.250 e. The van der Waals surface area contributed by atoms with Gasteiger partial charge in [0.1, 0.15) is 6.61 Å². The molecule has 1 amide bonds. The van der Waals surface area contributed by atoms with Crippen molar-refractivity contribution in [1.29, 1.82) is 0 Å². The number of rotatable bonds is 5. The van der Waals surface area contributed by atoms with Crippen molar-refractivity contribution in [3.63, 3.8) is 0 Å². The SMILES string of the molecule is Cc1cc2c(NC(=O)CO[C@H]3CC(C(C)C)C[C@@H](C)C3)cccc2[nH]1. The lowest BCUT2D eigenvalue weighted by Crippen LogP contribution is -2.32. The number of amides is 1. The lowest BCUT2D eigenvalue weighted by Gasteiger charge is -2.35. The fourth-order valence-corrected chi connectivity index (χ4v) is 4.06. The number of carbonyl (C=O) groups excluding carboxylic acids is 1. The summed E-state index contributed by atoms with van der Waals surface area (Å²) in [5.41, 5.74) is 2.97. The Morgan fingerprint density at radius 2 is 2.12 bits per heavy atom. The molecule has 2 N–H and O–H groups in total. The Labute approximate surface area is 150 Å². The number of carbonyl (C=O) groups is 1. The predicted octanol–water partition coefficient (Wildman–Crippen LogP) is 4.89. The van der Waals surface area contributed by atoms with Crippen LogP contribution in [0.5, 0.6) is 0 Å². The van der Waals surface area contributed by atoms with Gasteiger partial charge in [0.05, 0.1) is 11.8 Å². The standard InChI is InChI=1S/C21H30N2O2/c1-13(2)16-8-14(3)9-17(11-16)25-12-21(24)23-20-7-5-6-19-18(20)10-15(4)22-19/h5-7,10,13-14,16-17,22H,8-9,11-12H2,1-4H3,(H,23,24)/t14-,16?,17-/m1/s1. The molecular formula is C21H30N2O2. The monoisotopic (exact) mass is 342 g/mol. The van der Waals surface area contributed by atoms with E-state index in [0.29, 0.717) is 17.8 Å². The topological polar surface area (TPSA) is 54.1 Å². The van der Waals surface area contributed by atoms with E-state index in [0.717, 1.165) is 35.1 Å². The third-order valence-electron chi connectivity index (χ3n) is 5.40. The van der Waals surface area contributed by atoms with Crippen molar-refractivity contribution < 1.29 is 9.53 Å². The maximum atomic E-state index is 12.4. The largest absolute Gasteiger partial charge is 0.368 e. The second-order valence-electron chi connectivity index (χ2n) is 8.02. The average Bonchev–Trinajstić information content (AvgIpc) is 2.94. The van der Waals surface area contributed by atoms with Crippen LogP contribution in [-0.2, 0) is 9.53 Å². The van der Waals surface area contributed by atoms with Crippen LogP contribution in [0.25, 0.3) is 10.9 Å². The number of aromatic amines is 1. The first kappa shape index (κ1) is 18.0. The number of aryl methyl sites for hydroxylation is 1. The first-order valence-electron chi connectivity index (χ1n) is 9.42. The Morgan fingerprint density at radius 3 is 2.88 bits per heavy atom. The van der Waals surface area contributed by atoms with Crippen LogP contribution < -0.4 is 5.32 Å². The van der Waals surface area contributed by atoms with Crippen molar-refractivity contribution in [2.75, 3.05) is 11.9 Å². The van der Waals surface area contributed by atoms with Gasteiger partial charge < -0.3 is 15.0 Å². The number of aromatic nitrogens is 1. The molecule has 1 fully saturated rings. The highest BCUT2D eigenvalue weighted by molar-refractivity contribution is 6.01. The summed E-state index contributed by atoms with van der Waals surface area (Å²) < 4.78 is 5.97. The van der Waals surface area contributed by atoms with E-state index in [2.05, 4.69) is 37.1 Å². The van der Waals surface area contributed by atoms with E-state index in [4.69, 9.17) is 4.74 Å². The predicted molar refractivity (Wildman–Crippen MR) is 103 cm³/mol. The van der Waals surface area contributed by atoms with Gasteiger partial charge in [0.2, 0.25) is 5.91 Å². The lowest BCUT2D eigenvalue weighted by molar-refractivity contribution is -0.124. The van der Waals surface area contributed by atoms with E-state index in [1.807, 2.05) is 25.1 Å². The molecule has 1 aliphatic rings. The Bertz CT molecular complexity index is 735. The van der Waals surface area contributed by atoms with Crippen molar-refractivity contribution in [2.24, 2.45) is 17.8 Å². The summed E-state index contributed by atoms with van der Waals surface area (Å²) in [7, 11) is 0. The van der Waals surface area contributed by atoms with Gasteiger partial charge in [-0.2, -0.15) is 0 Å². The number of H-pyrrole nitrogens is 1. The van der Waals surface area contributed by atoms with E-state index < -0.39 is 0 Å². The Morgan fingerprint density at radius 1 is 1.32 bits per heavy atom. The number of anilines is 1. The Hall–Kier alpha value is -1.81. The minimum absolute atomic E-state index is 0.0781. The number of hydrogen-bond acceptors (Lipinski definition) is 2. The van der Waals surface area contributed by atoms with Crippen molar-refractivity contribution in [3.8, 4) is 0 Å². The molecule has 1 heterocycles. The van der Waals surface area contributed by atoms with Gasteiger partial charge in [-0.25, -0.2) is 0 Å². The van der Waals surface area contributed by atoms with Gasteiger partial charge in [0.25, 0.3) is 0 Å². The molecule has 1 saturated carbocycles. The van der Waals surface area contributed by atoms with Gasteiger partial charge >= 0.3 is 0 Å². The molecule has 2 aromatic rings. The molecular weight excluding hydrogens is 312 g/mol. The van der Waals surface area contributed by atoms with Gasteiger partial charge in [-0.3, -0.25) is 4.79 Å². The van der Waals surface area contributed by atoms with Gasteiger partial charge in [-0.05, 0) is 62.1 Å². The van der Waals surface area contributed by atoms with E-state index >= 15 is 0 Å². The van der Waals surface area contributed by atoms with Gasteiger partial charge in [-0.15, -0.1) is 0 Å². The van der Waals surface area contributed by atoms with Gasteiger partial charge in [-0.1, -0.05) is 26.8 Å². The molecule has 0 bridgehead atoms. The fraction of sp³-hybridized carbons (Fsp3) is 0.571. The molecule has 1 aliphatic carbocycles. The highest BCUT2D eigenvalue weighted by Gasteiger charge is 2.29. The number of nitrogens with one attached hydrogen (secondary N) is 2. The second-order valence-corrected chi connectivity index (χ2v) is 8.02. The van der Waals surface area contributed by atoms with Crippen LogP contribution in [0.15, 0.2) is 24.3 Å². The molecule has 0 spiro atoms. The van der Waals surface area contributed by atoms with Crippen molar-refractivity contribution >= 4 is 22.5 Å². The van der Waals surface area contributed by atoms with Crippen LogP contribution in [-0.4, -0.2) is 23.6 Å². The zero-order valence-corrected chi connectivity index (χ0v) is 15.8. The summed E-state index contributed by atoms with van der Waals surface area (Å²) in [5.74, 6) is 1.97. The van der Waals surface area contributed by atoms with Crippen LogP contribution in [0.4, 0.5) is 5.69 Å². The van der Waals surface area contributed by atoms with Crippen LogP contribution in [0.3, 0.4) is 0 Å². The summed E-state index contributed by atoms with van der Waals surface area (Å²) in [5, 5.41) is 4.04. The van der Waals surface area contributed by atoms with E-state index in [1.165, 1.54) is 6.42 Å².